The molecule has 0 aromatic carbocycles. The summed E-state index contributed by atoms with van der Waals surface area (Å²) >= 11 is 0. The number of allylic oxidation sites excluding steroid dienone is 2. The fourth-order valence-corrected chi connectivity index (χ4v) is 1.61. The number of hydrogen-bond acceptors (Lipinski definition) is 3. The van der Waals surface area contributed by atoms with Gasteiger partial charge in [-0.15, -0.1) is 0 Å². The normalized spacial score (nSPS) is 17.9. The van der Waals surface area contributed by atoms with Crippen molar-refractivity contribution >= 4 is 11.9 Å². The number of amides is 1. The average Bonchev–Trinajstić information content (AvgIpc) is 2.67. The second kappa shape index (κ2) is 5.34. The van der Waals surface area contributed by atoms with Crippen LogP contribution in [0.1, 0.15) is 40.5 Å². The Morgan fingerprint density at radius 2 is 1.82 bits per heavy atom. The molecular weight excluding hydrogens is 218 g/mol. The van der Waals surface area contributed by atoms with Crippen LogP contribution in [0.3, 0.4) is 0 Å². The molecule has 0 aliphatic heterocycles. The molecule has 0 aromatic rings. The molecular formula is C13H21NO3. The van der Waals surface area contributed by atoms with Gasteiger partial charge in [-0.1, -0.05) is 12.2 Å². The van der Waals surface area contributed by atoms with Crippen molar-refractivity contribution in [2.24, 2.45) is 5.92 Å². The third kappa shape index (κ3) is 4.59. The first kappa shape index (κ1) is 13.7. The minimum Gasteiger partial charge on any atom is -0.458 e. The van der Waals surface area contributed by atoms with Crippen LogP contribution in [-0.2, 0) is 14.3 Å². The van der Waals surface area contributed by atoms with E-state index in [1.807, 2.05) is 12.2 Å². The van der Waals surface area contributed by atoms with E-state index in [0.717, 1.165) is 12.8 Å². The zero-order chi connectivity index (χ0) is 13.1. The molecule has 1 aliphatic rings. The molecule has 96 valence electrons. The van der Waals surface area contributed by atoms with Crippen LogP contribution in [0.15, 0.2) is 12.2 Å². The molecule has 0 heterocycles. The lowest BCUT2D eigenvalue weighted by Gasteiger charge is -2.23. The Kier molecular flexibility index (Phi) is 4.32. The van der Waals surface area contributed by atoms with Crippen LogP contribution in [0.5, 0.6) is 0 Å². The Labute approximate surface area is 102 Å². The topological polar surface area (TPSA) is 55.4 Å². The van der Waals surface area contributed by atoms with Crippen LogP contribution in [0.4, 0.5) is 0 Å². The maximum absolute atomic E-state index is 11.8. The van der Waals surface area contributed by atoms with E-state index in [2.05, 4.69) is 5.32 Å². The van der Waals surface area contributed by atoms with Crippen molar-refractivity contribution in [3.05, 3.63) is 12.2 Å². The molecule has 1 atom stereocenters. The van der Waals surface area contributed by atoms with Crippen molar-refractivity contribution in [2.75, 3.05) is 0 Å². The predicted octanol–water partition coefficient (Wildman–Crippen LogP) is 1.80. The van der Waals surface area contributed by atoms with E-state index in [1.54, 1.807) is 27.7 Å². The summed E-state index contributed by atoms with van der Waals surface area (Å²) in [6.45, 7) is 7.06. The fraction of sp³-hybridized carbons (Fsp3) is 0.692. The Bertz CT molecular complexity index is 320. The third-order valence-electron chi connectivity index (χ3n) is 2.50. The zero-order valence-corrected chi connectivity index (χ0v) is 10.9. The van der Waals surface area contributed by atoms with Gasteiger partial charge in [0.1, 0.15) is 11.6 Å². The first-order valence-corrected chi connectivity index (χ1v) is 5.98. The highest BCUT2D eigenvalue weighted by Crippen LogP contribution is 2.18. The standard InChI is InChI=1S/C13H21NO3/c1-9(12(16)17-13(2,3)4)14-11(15)10-7-5-6-8-10/h5-6,9-10H,7-8H2,1-4H3,(H,14,15)/t9-/m1/s1. The Balaban J connectivity index is 2.40. The third-order valence-corrected chi connectivity index (χ3v) is 2.50. The Hall–Kier alpha value is -1.32. The molecule has 4 nitrogen and oxygen atoms in total. The molecule has 1 rings (SSSR count). The highest BCUT2D eigenvalue weighted by molar-refractivity contribution is 5.86. The molecule has 1 aliphatic carbocycles. The smallest absolute Gasteiger partial charge is 0.328 e. The van der Waals surface area contributed by atoms with Gasteiger partial charge in [-0.3, -0.25) is 4.79 Å². The number of rotatable bonds is 3. The van der Waals surface area contributed by atoms with E-state index >= 15 is 0 Å². The summed E-state index contributed by atoms with van der Waals surface area (Å²) in [7, 11) is 0. The summed E-state index contributed by atoms with van der Waals surface area (Å²) in [5.41, 5.74) is -0.523. The van der Waals surface area contributed by atoms with Crippen molar-refractivity contribution in [3.8, 4) is 0 Å². The second-order valence-corrected chi connectivity index (χ2v) is 5.40. The van der Waals surface area contributed by atoms with E-state index in [1.165, 1.54) is 0 Å². The molecule has 0 aromatic heterocycles. The minimum atomic E-state index is -0.595. The van der Waals surface area contributed by atoms with Crippen molar-refractivity contribution < 1.29 is 14.3 Å². The lowest BCUT2D eigenvalue weighted by molar-refractivity contribution is -0.158. The number of hydrogen-bond donors (Lipinski definition) is 1. The SMILES string of the molecule is C[C@@H](NC(=O)C1CC=CC1)C(=O)OC(C)(C)C. The molecule has 4 heteroatoms. The van der Waals surface area contributed by atoms with Crippen LogP contribution in [0.25, 0.3) is 0 Å². The van der Waals surface area contributed by atoms with Gasteiger partial charge in [-0.05, 0) is 40.5 Å². The summed E-state index contributed by atoms with van der Waals surface area (Å²) in [5, 5.41) is 2.69. The molecule has 17 heavy (non-hydrogen) atoms. The number of esters is 1. The molecule has 0 radical (unpaired) electrons. The maximum Gasteiger partial charge on any atom is 0.328 e. The Morgan fingerprint density at radius 3 is 2.29 bits per heavy atom. The number of carbonyl (C=O) groups is 2. The van der Waals surface area contributed by atoms with E-state index in [4.69, 9.17) is 4.74 Å². The molecule has 1 amide bonds. The second-order valence-electron chi connectivity index (χ2n) is 5.40. The number of ether oxygens (including phenoxy) is 1. The van der Waals surface area contributed by atoms with Crippen molar-refractivity contribution in [1.82, 2.24) is 5.32 Å². The summed E-state index contributed by atoms with van der Waals surface area (Å²) < 4.78 is 5.19. The zero-order valence-electron chi connectivity index (χ0n) is 10.9. The van der Waals surface area contributed by atoms with Gasteiger partial charge < -0.3 is 10.1 Å². The molecule has 1 N–H and O–H groups in total. The van der Waals surface area contributed by atoms with E-state index in [-0.39, 0.29) is 11.8 Å². The molecule has 0 saturated carbocycles. The van der Waals surface area contributed by atoms with Crippen molar-refractivity contribution in [1.29, 1.82) is 0 Å². The fourth-order valence-electron chi connectivity index (χ4n) is 1.61. The first-order valence-electron chi connectivity index (χ1n) is 5.98. The summed E-state index contributed by atoms with van der Waals surface area (Å²) in [5.74, 6) is -0.495. The molecule has 0 bridgehead atoms. The summed E-state index contributed by atoms with van der Waals surface area (Å²) in [4.78, 5) is 23.4. The highest BCUT2D eigenvalue weighted by Gasteiger charge is 2.26. The van der Waals surface area contributed by atoms with Crippen LogP contribution >= 0.6 is 0 Å². The van der Waals surface area contributed by atoms with Gasteiger partial charge in [0.05, 0.1) is 0 Å². The largest absolute Gasteiger partial charge is 0.458 e. The van der Waals surface area contributed by atoms with Gasteiger partial charge >= 0.3 is 5.97 Å². The number of carbonyl (C=O) groups excluding carboxylic acids is 2. The van der Waals surface area contributed by atoms with Crippen LogP contribution in [0.2, 0.25) is 0 Å². The van der Waals surface area contributed by atoms with Crippen LogP contribution < -0.4 is 5.32 Å². The summed E-state index contributed by atoms with van der Waals surface area (Å²) in [6, 6.07) is -0.595. The quantitative estimate of drug-likeness (QED) is 0.603. The monoisotopic (exact) mass is 239 g/mol. The minimum absolute atomic E-state index is 0.0279. The van der Waals surface area contributed by atoms with Gasteiger partial charge in [-0.2, -0.15) is 0 Å². The van der Waals surface area contributed by atoms with E-state index in [0.29, 0.717) is 0 Å². The maximum atomic E-state index is 11.8. The Morgan fingerprint density at radius 1 is 1.29 bits per heavy atom. The van der Waals surface area contributed by atoms with Gasteiger partial charge in [-0.25, -0.2) is 4.79 Å². The van der Waals surface area contributed by atoms with Gasteiger partial charge in [0.15, 0.2) is 0 Å². The first-order chi connectivity index (χ1) is 7.79. The van der Waals surface area contributed by atoms with Gasteiger partial charge in [0.2, 0.25) is 5.91 Å². The summed E-state index contributed by atoms with van der Waals surface area (Å²) in [6.07, 6.45) is 5.49. The predicted molar refractivity (Wildman–Crippen MR) is 65.3 cm³/mol. The highest BCUT2D eigenvalue weighted by atomic mass is 16.6. The molecule has 0 fully saturated rings. The number of nitrogens with one attached hydrogen (secondary N) is 1. The lowest BCUT2D eigenvalue weighted by Crippen LogP contribution is -2.44. The molecule has 0 unspecified atom stereocenters. The van der Waals surface area contributed by atoms with Gasteiger partial charge in [0, 0.05) is 5.92 Å². The van der Waals surface area contributed by atoms with Crippen molar-refractivity contribution in [3.63, 3.8) is 0 Å². The average molecular weight is 239 g/mol. The lowest BCUT2D eigenvalue weighted by atomic mass is 10.1. The van der Waals surface area contributed by atoms with E-state index < -0.39 is 17.6 Å². The van der Waals surface area contributed by atoms with Gasteiger partial charge in [0.25, 0.3) is 0 Å². The van der Waals surface area contributed by atoms with E-state index in [9.17, 15) is 9.59 Å². The molecule has 0 spiro atoms. The van der Waals surface area contributed by atoms with Crippen molar-refractivity contribution in [2.45, 2.75) is 52.2 Å². The van der Waals surface area contributed by atoms with Crippen LogP contribution in [-0.4, -0.2) is 23.5 Å². The molecule has 0 saturated heterocycles. The van der Waals surface area contributed by atoms with Crippen LogP contribution in [0, 0.1) is 5.92 Å².